The zero-order chi connectivity index (χ0) is 12.1. The molecule has 88 valence electrons. The van der Waals surface area contributed by atoms with E-state index in [1.165, 1.54) is 0 Å². The van der Waals surface area contributed by atoms with E-state index in [4.69, 9.17) is 16.0 Å². The first-order chi connectivity index (χ1) is 6.74. The summed E-state index contributed by atoms with van der Waals surface area (Å²) in [6.45, 7) is 11.7. The molecule has 0 aliphatic rings. The van der Waals surface area contributed by atoms with Crippen LogP contribution in [0.1, 0.15) is 27.2 Å². The Kier molecular flexibility index (Phi) is 5.58. The SMILES string of the molecule is C#CC[C@H](CO)CO[Si](C)(C)C(C)(C)C. The summed E-state index contributed by atoms with van der Waals surface area (Å²) in [7, 11) is -1.69. The molecule has 0 heterocycles. The molecule has 0 bridgehead atoms. The van der Waals surface area contributed by atoms with Gasteiger partial charge in [0.1, 0.15) is 0 Å². The van der Waals surface area contributed by atoms with Crippen molar-refractivity contribution < 1.29 is 9.53 Å². The van der Waals surface area contributed by atoms with Crippen molar-refractivity contribution in [1.82, 2.24) is 0 Å². The Morgan fingerprint density at radius 3 is 2.27 bits per heavy atom. The lowest BCUT2D eigenvalue weighted by molar-refractivity contribution is 0.156. The number of aliphatic hydroxyl groups is 1. The van der Waals surface area contributed by atoms with E-state index in [0.717, 1.165) is 0 Å². The maximum absolute atomic E-state index is 9.10. The fourth-order valence-electron chi connectivity index (χ4n) is 0.886. The van der Waals surface area contributed by atoms with Gasteiger partial charge in [0.25, 0.3) is 0 Å². The van der Waals surface area contributed by atoms with Crippen molar-refractivity contribution in [1.29, 1.82) is 0 Å². The highest BCUT2D eigenvalue weighted by atomic mass is 28.4. The van der Waals surface area contributed by atoms with Gasteiger partial charge in [-0.05, 0) is 18.1 Å². The van der Waals surface area contributed by atoms with E-state index in [-0.39, 0.29) is 17.6 Å². The minimum absolute atomic E-state index is 0.0872. The Labute approximate surface area is 95.2 Å². The van der Waals surface area contributed by atoms with Crippen LogP contribution in [0, 0.1) is 18.3 Å². The molecule has 0 saturated carbocycles. The molecule has 15 heavy (non-hydrogen) atoms. The molecule has 0 aliphatic carbocycles. The van der Waals surface area contributed by atoms with Crippen LogP contribution in [-0.4, -0.2) is 26.6 Å². The molecule has 0 fully saturated rings. The molecule has 2 nitrogen and oxygen atoms in total. The van der Waals surface area contributed by atoms with Crippen molar-refractivity contribution in [3.8, 4) is 12.3 Å². The Hall–Kier alpha value is -0.303. The Bertz CT molecular complexity index is 223. The van der Waals surface area contributed by atoms with E-state index in [1.54, 1.807) is 0 Å². The second-order valence-corrected chi connectivity index (χ2v) is 10.3. The highest BCUT2D eigenvalue weighted by Gasteiger charge is 2.37. The molecular weight excluding hydrogens is 204 g/mol. The first kappa shape index (κ1) is 14.7. The fourth-order valence-corrected chi connectivity index (χ4v) is 1.97. The van der Waals surface area contributed by atoms with Gasteiger partial charge in [0.05, 0.1) is 0 Å². The number of aliphatic hydroxyl groups excluding tert-OH is 1. The summed E-state index contributed by atoms with van der Waals surface area (Å²) in [6, 6.07) is 0. The second-order valence-electron chi connectivity index (χ2n) is 5.53. The maximum atomic E-state index is 9.10. The number of hydrogen-bond donors (Lipinski definition) is 1. The van der Waals surface area contributed by atoms with E-state index in [0.29, 0.717) is 13.0 Å². The van der Waals surface area contributed by atoms with Crippen LogP contribution in [0.3, 0.4) is 0 Å². The topological polar surface area (TPSA) is 29.5 Å². The molecule has 1 atom stereocenters. The van der Waals surface area contributed by atoms with Crippen LogP contribution in [0.5, 0.6) is 0 Å². The average Bonchev–Trinajstić information content (AvgIpc) is 2.10. The summed E-state index contributed by atoms with van der Waals surface area (Å²) < 4.78 is 5.98. The first-order valence-corrected chi connectivity index (χ1v) is 8.33. The Morgan fingerprint density at radius 2 is 1.93 bits per heavy atom. The summed E-state index contributed by atoms with van der Waals surface area (Å²) in [5.74, 6) is 2.66. The van der Waals surface area contributed by atoms with Crippen molar-refractivity contribution in [3.05, 3.63) is 0 Å². The minimum Gasteiger partial charge on any atom is -0.416 e. The van der Waals surface area contributed by atoms with Crippen LogP contribution in [0.2, 0.25) is 18.1 Å². The zero-order valence-electron chi connectivity index (χ0n) is 10.6. The maximum Gasteiger partial charge on any atom is 0.191 e. The van der Waals surface area contributed by atoms with Gasteiger partial charge in [-0.2, -0.15) is 0 Å². The molecular formula is C12H24O2Si. The highest BCUT2D eigenvalue weighted by Crippen LogP contribution is 2.36. The van der Waals surface area contributed by atoms with Crippen LogP contribution in [-0.2, 0) is 4.43 Å². The molecule has 0 aromatic carbocycles. The van der Waals surface area contributed by atoms with Crippen molar-refractivity contribution in [2.24, 2.45) is 5.92 Å². The van der Waals surface area contributed by atoms with Gasteiger partial charge in [0.2, 0.25) is 0 Å². The third kappa shape index (κ3) is 4.83. The first-order valence-electron chi connectivity index (χ1n) is 5.43. The van der Waals surface area contributed by atoms with E-state index in [9.17, 15) is 0 Å². The largest absolute Gasteiger partial charge is 0.416 e. The average molecular weight is 228 g/mol. The highest BCUT2D eigenvalue weighted by molar-refractivity contribution is 6.74. The van der Waals surface area contributed by atoms with E-state index < -0.39 is 8.32 Å². The molecule has 1 N–H and O–H groups in total. The molecule has 0 radical (unpaired) electrons. The van der Waals surface area contributed by atoms with Crippen molar-refractivity contribution >= 4 is 8.32 Å². The molecule has 0 aromatic heterocycles. The summed E-state index contributed by atoms with van der Waals surface area (Å²) >= 11 is 0. The van der Waals surface area contributed by atoms with Crippen LogP contribution in [0.15, 0.2) is 0 Å². The molecule has 0 aromatic rings. The lowest BCUT2D eigenvalue weighted by Gasteiger charge is -2.37. The molecule has 0 unspecified atom stereocenters. The third-order valence-corrected chi connectivity index (χ3v) is 7.65. The summed E-state index contributed by atoms with van der Waals surface area (Å²) in [5, 5.41) is 9.31. The second kappa shape index (κ2) is 5.69. The van der Waals surface area contributed by atoms with Gasteiger partial charge >= 0.3 is 0 Å². The lowest BCUT2D eigenvalue weighted by Crippen LogP contribution is -2.42. The molecule has 0 saturated heterocycles. The van der Waals surface area contributed by atoms with Crippen LogP contribution >= 0.6 is 0 Å². The molecule has 0 rings (SSSR count). The summed E-state index contributed by atoms with van der Waals surface area (Å²) in [5.41, 5.74) is 0. The van der Waals surface area contributed by atoms with Gasteiger partial charge in [-0.15, -0.1) is 12.3 Å². The van der Waals surface area contributed by atoms with E-state index in [2.05, 4.69) is 39.8 Å². The summed E-state index contributed by atoms with van der Waals surface area (Å²) in [6.07, 6.45) is 5.81. The van der Waals surface area contributed by atoms with Gasteiger partial charge in [0, 0.05) is 25.6 Å². The zero-order valence-corrected chi connectivity index (χ0v) is 11.6. The van der Waals surface area contributed by atoms with Crippen molar-refractivity contribution in [2.75, 3.05) is 13.2 Å². The number of rotatable bonds is 5. The number of hydrogen-bond acceptors (Lipinski definition) is 2. The lowest BCUT2D eigenvalue weighted by atomic mass is 10.1. The molecule has 0 aliphatic heterocycles. The molecule has 3 heteroatoms. The van der Waals surface area contributed by atoms with E-state index in [1.807, 2.05) is 0 Å². The third-order valence-electron chi connectivity index (χ3n) is 3.15. The predicted molar refractivity (Wildman–Crippen MR) is 67.2 cm³/mol. The van der Waals surface area contributed by atoms with Crippen LogP contribution < -0.4 is 0 Å². The van der Waals surface area contributed by atoms with Crippen molar-refractivity contribution in [3.63, 3.8) is 0 Å². The predicted octanol–water partition coefficient (Wildman–Crippen LogP) is 2.64. The molecule has 0 spiro atoms. The van der Waals surface area contributed by atoms with Gasteiger partial charge in [-0.3, -0.25) is 0 Å². The van der Waals surface area contributed by atoms with E-state index >= 15 is 0 Å². The normalized spacial score (nSPS) is 14.7. The molecule has 0 amide bonds. The minimum atomic E-state index is -1.69. The fraction of sp³-hybridized carbons (Fsp3) is 0.833. The van der Waals surface area contributed by atoms with Gasteiger partial charge in [-0.25, -0.2) is 0 Å². The summed E-state index contributed by atoms with van der Waals surface area (Å²) in [4.78, 5) is 0. The van der Waals surface area contributed by atoms with Gasteiger partial charge in [0.15, 0.2) is 8.32 Å². The monoisotopic (exact) mass is 228 g/mol. The Balaban J connectivity index is 4.20. The smallest absolute Gasteiger partial charge is 0.191 e. The van der Waals surface area contributed by atoms with Crippen LogP contribution in [0.4, 0.5) is 0 Å². The van der Waals surface area contributed by atoms with Crippen LogP contribution in [0.25, 0.3) is 0 Å². The quantitative estimate of drug-likeness (QED) is 0.579. The van der Waals surface area contributed by atoms with Gasteiger partial charge < -0.3 is 9.53 Å². The van der Waals surface area contributed by atoms with Crippen molar-refractivity contribution in [2.45, 2.75) is 45.3 Å². The number of terminal acetylenes is 1. The van der Waals surface area contributed by atoms with Gasteiger partial charge in [-0.1, -0.05) is 20.8 Å². The Morgan fingerprint density at radius 1 is 1.40 bits per heavy atom. The standard InChI is InChI=1S/C12H24O2Si/c1-7-8-11(9-13)10-14-15(5,6)12(2,3)4/h1,11,13H,8-10H2,2-6H3/t11-/m1/s1.